The summed E-state index contributed by atoms with van der Waals surface area (Å²) < 4.78 is 0. The van der Waals surface area contributed by atoms with Gasteiger partial charge in [-0.3, -0.25) is 9.78 Å². The van der Waals surface area contributed by atoms with E-state index in [1.165, 1.54) is 0 Å². The molecule has 3 rings (SSSR count). The molecule has 110 valence electrons. The van der Waals surface area contributed by atoms with Crippen LogP contribution in [-0.2, 0) is 4.79 Å². The molecule has 1 heterocycles. The number of carbonyl (C=O) groups excluding carboxylic acids is 1. The second-order valence-corrected chi connectivity index (χ2v) is 6.11. The summed E-state index contributed by atoms with van der Waals surface area (Å²) in [5.74, 6) is -0.0169. The van der Waals surface area contributed by atoms with Crippen molar-refractivity contribution in [3.8, 4) is 0 Å². The van der Waals surface area contributed by atoms with Crippen LogP contribution in [0.4, 0.5) is 5.69 Å². The summed E-state index contributed by atoms with van der Waals surface area (Å²) in [5, 5.41) is 4.49. The highest BCUT2D eigenvalue weighted by Gasteiger charge is 2.39. The molecule has 1 aliphatic rings. The SMILES string of the molecule is NCC1(C(=O)Nc2cc(Cl)cc3cccnc23)CCCC1. The smallest absolute Gasteiger partial charge is 0.231 e. The number of benzene rings is 1. The minimum atomic E-state index is -0.441. The van der Waals surface area contributed by atoms with Gasteiger partial charge >= 0.3 is 0 Å². The Hall–Kier alpha value is -1.65. The Bertz CT molecular complexity index is 680. The van der Waals surface area contributed by atoms with Gasteiger partial charge in [0.1, 0.15) is 0 Å². The summed E-state index contributed by atoms with van der Waals surface area (Å²) in [6.07, 6.45) is 5.51. The van der Waals surface area contributed by atoms with Crippen LogP contribution in [0, 0.1) is 5.41 Å². The van der Waals surface area contributed by atoms with Gasteiger partial charge in [-0.1, -0.05) is 30.5 Å². The monoisotopic (exact) mass is 303 g/mol. The van der Waals surface area contributed by atoms with Gasteiger partial charge in [-0.15, -0.1) is 0 Å². The zero-order chi connectivity index (χ0) is 14.9. The molecule has 0 unspecified atom stereocenters. The molecule has 0 saturated heterocycles. The molecule has 21 heavy (non-hydrogen) atoms. The van der Waals surface area contributed by atoms with Gasteiger partial charge in [-0.2, -0.15) is 0 Å². The third-order valence-corrected chi connectivity index (χ3v) is 4.57. The summed E-state index contributed by atoms with van der Waals surface area (Å²) in [4.78, 5) is 17.0. The molecular formula is C16H18ClN3O. The van der Waals surface area contributed by atoms with Gasteiger partial charge in [0, 0.05) is 23.2 Å². The van der Waals surface area contributed by atoms with Crippen molar-refractivity contribution in [1.82, 2.24) is 4.98 Å². The van der Waals surface area contributed by atoms with Gasteiger partial charge < -0.3 is 11.1 Å². The number of hydrogen-bond donors (Lipinski definition) is 2. The molecule has 0 aliphatic heterocycles. The Kier molecular flexibility index (Phi) is 3.83. The molecule has 1 aromatic carbocycles. The fourth-order valence-corrected chi connectivity index (χ4v) is 3.31. The Morgan fingerprint density at radius 3 is 2.86 bits per heavy atom. The molecule has 1 aromatic heterocycles. The number of fused-ring (bicyclic) bond motifs is 1. The number of aromatic nitrogens is 1. The maximum Gasteiger partial charge on any atom is 0.231 e. The van der Waals surface area contributed by atoms with E-state index in [4.69, 9.17) is 17.3 Å². The average Bonchev–Trinajstić information content (AvgIpc) is 2.97. The van der Waals surface area contributed by atoms with Crippen LogP contribution >= 0.6 is 11.6 Å². The number of carbonyl (C=O) groups is 1. The van der Waals surface area contributed by atoms with Crippen LogP contribution in [0.2, 0.25) is 5.02 Å². The third-order valence-electron chi connectivity index (χ3n) is 4.35. The number of nitrogens with one attached hydrogen (secondary N) is 1. The average molecular weight is 304 g/mol. The van der Waals surface area contributed by atoms with Crippen LogP contribution in [0.3, 0.4) is 0 Å². The van der Waals surface area contributed by atoms with Crippen LogP contribution in [0.25, 0.3) is 10.9 Å². The van der Waals surface area contributed by atoms with E-state index in [2.05, 4.69) is 10.3 Å². The number of hydrogen-bond acceptors (Lipinski definition) is 3. The molecule has 2 aromatic rings. The molecule has 1 saturated carbocycles. The van der Waals surface area contributed by atoms with E-state index < -0.39 is 5.41 Å². The molecule has 1 fully saturated rings. The molecule has 0 radical (unpaired) electrons. The van der Waals surface area contributed by atoms with Crippen molar-refractivity contribution in [2.24, 2.45) is 11.1 Å². The van der Waals surface area contributed by atoms with Crippen LogP contribution in [0.5, 0.6) is 0 Å². The van der Waals surface area contributed by atoms with Crippen LogP contribution < -0.4 is 11.1 Å². The summed E-state index contributed by atoms with van der Waals surface area (Å²) in [6.45, 7) is 0.380. The highest BCUT2D eigenvalue weighted by Crippen LogP contribution is 2.38. The van der Waals surface area contributed by atoms with E-state index >= 15 is 0 Å². The Balaban J connectivity index is 1.96. The van der Waals surface area contributed by atoms with Crippen molar-refractivity contribution in [3.05, 3.63) is 35.5 Å². The number of pyridine rings is 1. The van der Waals surface area contributed by atoms with Crippen molar-refractivity contribution < 1.29 is 4.79 Å². The van der Waals surface area contributed by atoms with Gasteiger partial charge in [-0.05, 0) is 31.0 Å². The zero-order valence-electron chi connectivity index (χ0n) is 11.7. The first-order chi connectivity index (χ1) is 10.1. The summed E-state index contributed by atoms with van der Waals surface area (Å²) in [5.41, 5.74) is 6.83. The summed E-state index contributed by atoms with van der Waals surface area (Å²) in [7, 11) is 0. The third kappa shape index (κ3) is 2.61. The highest BCUT2D eigenvalue weighted by molar-refractivity contribution is 6.32. The predicted octanol–water partition coefficient (Wildman–Crippen LogP) is 3.35. The minimum Gasteiger partial charge on any atom is -0.329 e. The van der Waals surface area contributed by atoms with E-state index in [1.54, 1.807) is 12.3 Å². The van der Waals surface area contributed by atoms with Gasteiger partial charge in [-0.25, -0.2) is 0 Å². The van der Waals surface area contributed by atoms with Crippen LogP contribution in [-0.4, -0.2) is 17.4 Å². The predicted molar refractivity (Wildman–Crippen MR) is 85.3 cm³/mol. The molecule has 5 heteroatoms. The maximum absolute atomic E-state index is 12.7. The van der Waals surface area contributed by atoms with Crippen LogP contribution in [0.1, 0.15) is 25.7 Å². The van der Waals surface area contributed by atoms with E-state index in [-0.39, 0.29) is 5.91 Å². The van der Waals surface area contributed by atoms with Gasteiger partial charge in [0.2, 0.25) is 5.91 Å². The molecule has 1 amide bonds. The molecule has 0 spiro atoms. The van der Waals surface area contributed by atoms with Gasteiger partial charge in [0.05, 0.1) is 16.6 Å². The lowest BCUT2D eigenvalue weighted by molar-refractivity contribution is -0.124. The van der Waals surface area contributed by atoms with Crippen molar-refractivity contribution in [1.29, 1.82) is 0 Å². The fourth-order valence-electron chi connectivity index (χ4n) is 3.08. The normalized spacial score (nSPS) is 17.0. The first-order valence-electron chi connectivity index (χ1n) is 7.20. The molecule has 0 bridgehead atoms. The zero-order valence-corrected chi connectivity index (χ0v) is 12.5. The second kappa shape index (κ2) is 5.62. The quantitative estimate of drug-likeness (QED) is 0.913. The van der Waals surface area contributed by atoms with E-state index in [0.29, 0.717) is 17.3 Å². The number of nitrogens with two attached hydrogens (primary N) is 1. The van der Waals surface area contributed by atoms with Crippen molar-refractivity contribution >= 4 is 34.1 Å². The molecule has 3 N–H and O–H groups in total. The molecule has 4 nitrogen and oxygen atoms in total. The van der Waals surface area contributed by atoms with Gasteiger partial charge in [0.25, 0.3) is 0 Å². The van der Waals surface area contributed by atoms with Crippen LogP contribution in [0.15, 0.2) is 30.5 Å². The number of rotatable bonds is 3. The lowest BCUT2D eigenvalue weighted by Crippen LogP contribution is -2.40. The Morgan fingerprint density at radius 1 is 1.38 bits per heavy atom. The molecular weight excluding hydrogens is 286 g/mol. The maximum atomic E-state index is 12.7. The van der Waals surface area contributed by atoms with Gasteiger partial charge in [0.15, 0.2) is 0 Å². The van der Waals surface area contributed by atoms with Crippen molar-refractivity contribution in [3.63, 3.8) is 0 Å². The first-order valence-corrected chi connectivity index (χ1v) is 7.58. The summed E-state index contributed by atoms with van der Waals surface area (Å²) >= 11 is 6.13. The fraction of sp³-hybridized carbons (Fsp3) is 0.375. The molecule has 0 atom stereocenters. The Labute approximate surface area is 128 Å². The Morgan fingerprint density at radius 2 is 2.14 bits per heavy atom. The summed E-state index contributed by atoms with van der Waals surface area (Å²) in [6, 6.07) is 7.36. The highest BCUT2D eigenvalue weighted by atomic mass is 35.5. The largest absolute Gasteiger partial charge is 0.329 e. The number of nitrogens with zero attached hydrogens (tertiary/aromatic N) is 1. The topological polar surface area (TPSA) is 68.0 Å². The van der Waals surface area contributed by atoms with E-state index in [9.17, 15) is 4.79 Å². The lowest BCUT2D eigenvalue weighted by atomic mass is 9.85. The minimum absolute atomic E-state index is 0.0169. The number of anilines is 1. The number of halogens is 1. The van der Waals surface area contributed by atoms with Crippen molar-refractivity contribution in [2.75, 3.05) is 11.9 Å². The first kappa shape index (κ1) is 14.3. The molecule has 1 aliphatic carbocycles. The lowest BCUT2D eigenvalue weighted by Gasteiger charge is -2.26. The number of amides is 1. The second-order valence-electron chi connectivity index (χ2n) is 5.67. The van der Waals surface area contributed by atoms with E-state index in [0.717, 1.165) is 36.6 Å². The van der Waals surface area contributed by atoms with Crippen molar-refractivity contribution in [2.45, 2.75) is 25.7 Å². The van der Waals surface area contributed by atoms with E-state index in [1.807, 2.05) is 18.2 Å². The standard InChI is InChI=1S/C16H18ClN3O/c17-12-8-11-4-3-7-19-14(11)13(9-12)20-15(21)16(10-18)5-1-2-6-16/h3-4,7-9H,1-2,5-6,10,18H2,(H,20,21).